The summed E-state index contributed by atoms with van der Waals surface area (Å²) in [6.45, 7) is 3.36. The Labute approximate surface area is 134 Å². The second-order valence-electron chi connectivity index (χ2n) is 5.07. The summed E-state index contributed by atoms with van der Waals surface area (Å²) < 4.78 is 0. The number of carbonyl (C=O) groups excluding carboxylic acids is 2. The summed E-state index contributed by atoms with van der Waals surface area (Å²) in [5, 5.41) is 6.12. The van der Waals surface area contributed by atoms with E-state index in [1.165, 1.54) is 6.92 Å². The Balaban J connectivity index is 1.96. The molecule has 2 N–H and O–H groups in total. The van der Waals surface area contributed by atoms with Crippen molar-refractivity contribution >= 4 is 34.8 Å². The van der Waals surface area contributed by atoms with Crippen LogP contribution in [0.1, 0.15) is 18.1 Å². The maximum Gasteiger partial charge on any atom is 0.228 e. The molecule has 114 valence electrons. The number of hydrogen-bond acceptors (Lipinski definition) is 2. The first-order chi connectivity index (χ1) is 10.4. The molecule has 0 heterocycles. The van der Waals surface area contributed by atoms with Crippen molar-refractivity contribution in [2.24, 2.45) is 0 Å². The van der Waals surface area contributed by atoms with Crippen molar-refractivity contribution in [3.8, 4) is 0 Å². The molecule has 0 fully saturated rings. The number of amides is 2. The van der Waals surface area contributed by atoms with Crippen molar-refractivity contribution in [3.63, 3.8) is 0 Å². The highest BCUT2D eigenvalue weighted by Crippen LogP contribution is 2.20. The quantitative estimate of drug-likeness (QED) is 0.901. The van der Waals surface area contributed by atoms with E-state index in [-0.39, 0.29) is 18.2 Å². The van der Waals surface area contributed by atoms with Gasteiger partial charge >= 0.3 is 0 Å². The number of benzene rings is 2. The summed E-state index contributed by atoms with van der Waals surface area (Å²) >= 11 is 6.03. The van der Waals surface area contributed by atoms with E-state index >= 15 is 0 Å². The minimum absolute atomic E-state index is 0.118. The average Bonchev–Trinajstić information content (AvgIpc) is 2.44. The molecule has 0 aliphatic heterocycles. The Hall–Kier alpha value is -2.33. The Bertz CT molecular complexity index is 696. The van der Waals surface area contributed by atoms with E-state index in [4.69, 9.17) is 11.6 Å². The van der Waals surface area contributed by atoms with Crippen LogP contribution < -0.4 is 10.6 Å². The molecule has 5 heteroatoms. The molecular weight excluding hydrogens is 300 g/mol. The molecule has 2 amide bonds. The lowest BCUT2D eigenvalue weighted by molar-refractivity contribution is -0.116. The van der Waals surface area contributed by atoms with Crippen LogP contribution >= 0.6 is 11.6 Å². The molecule has 0 saturated carbocycles. The van der Waals surface area contributed by atoms with Crippen LogP contribution in [0.25, 0.3) is 0 Å². The van der Waals surface area contributed by atoms with Gasteiger partial charge in [-0.3, -0.25) is 9.59 Å². The number of halogens is 1. The molecule has 0 radical (unpaired) electrons. The molecule has 0 bridgehead atoms. The molecule has 2 aromatic carbocycles. The monoisotopic (exact) mass is 316 g/mol. The maximum absolute atomic E-state index is 12.0. The molecule has 22 heavy (non-hydrogen) atoms. The van der Waals surface area contributed by atoms with Gasteiger partial charge in [0.15, 0.2) is 0 Å². The van der Waals surface area contributed by atoms with Crippen molar-refractivity contribution in [1.82, 2.24) is 0 Å². The molecule has 0 aliphatic rings. The van der Waals surface area contributed by atoms with Gasteiger partial charge in [0.05, 0.1) is 6.42 Å². The van der Waals surface area contributed by atoms with Crippen LogP contribution in [0.5, 0.6) is 0 Å². The van der Waals surface area contributed by atoms with Gasteiger partial charge in [-0.05, 0) is 42.3 Å². The molecule has 2 rings (SSSR count). The zero-order chi connectivity index (χ0) is 16.1. The fourth-order valence-electron chi connectivity index (χ4n) is 1.97. The van der Waals surface area contributed by atoms with Crippen molar-refractivity contribution in [1.29, 1.82) is 0 Å². The lowest BCUT2D eigenvalue weighted by atomic mass is 10.1. The molecule has 0 atom stereocenters. The topological polar surface area (TPSA) is 58.2 Å². The standard InChI is InChI=1S/C17H17ClN2O2/c1-11-3-6-15(10-16(11)18)20-17(22)9-13-4-7-14(8-5-13)19-12(2)21/h3-8,10H,9H2,1-2H3,(H,19,21)(H,20,22). The summed E-state index contributed by atoms with van der Waals surface area (Å²) in [6.07, 6.45) is 0.256. The van der Waals surface area contributed by atoms with Crippen molar-refractivity contribution in [2.75, 3.05) is 10.6 Å². The van der Waals surface area contributed by atoms with Crippen molar-refractivity contribution < 1.29 is 9.59 Å². The maximum atomic E-state index is 12.0. The Morgan fingerprint density at radius 1 is 1.00 bits per heavy atom. The summed E-state index contributed by atoms with van der Waals surface area (Å²) in [4.78, 5) is 23.0. The predicted octanol–water partition coefficient (Wildman–Crippen LogP) is 3.79. The third-order valence-electron chi connectivity index (χ3n) is 3.09. The van der Waals surface area contributed by atoms with Gasteiger partial charge in [0.2, 0.25) is 11.8 Å². The molecule has 0 unspecified atom stereocenters. The van der Waals surface area contributed by atoms with Crippen molar-refractivity contribution in [3.05, 3.63) is 58.6 Å². The molecular formula is C17H17ClN2O2. The smallest absolute Gasteiger partial charge is 0.228 e. The highest BCUT2D eigenvalue weighted by Gasteiger charge is 2.06. The Kier molecular flexibility index (Phi) is 5.17. The van der Waals surface area contributed by atoms with Gasteiger partial charge in [0, 0.05) is 23.3 Å². The predicted molar refractivity (Wildman–Crippen MR) is 89.3 cm³/mol. The lowest BCUT2D eigenvalue weighted by Crippen LogP contribution is -2.14. The third kappa shape index (κ3) is 4.60. The second kappa shape index (κ2) is 7.09. The van der Waals surface area contributed by atoms with E-state index in [0.29, 0.717) is 16.4 Å². The van der Waals surface area contributed by atoms with Gasteiger partial charge in [0.1, 0.15) is 0 Å². The number of nitrogens with one attached hydrogen (secondary N) is 2. The third-order valence-corrected chi connectivity index (χ3v) is 3.50. The van der Waals surface area contributed by atoms with Crippen LogP contribution in [0, 0.1) is 6.92 Å². The zero-order valence-electron chi connectivity index (χ0n) is 12.4. The summed E-state index contributed by atoms with van der Waals surface area (Å²) in [7, 11) is 0. The van der Waals surface area contributed by atoms with E-state index in [0.717, 1.165) is 11.1 Å². The van der Waals surface area contributed by atoms with Crippen LogP contribution in [0.4, 0.5) is 11.4 Å². The van der Waals surface area contributed by atoms with E-state index in [2.05, 4.69) is 10.6 Å². The first-order valence-electron chi connectivity index (χ1n) is 6.86. The molecule has 0 saturated heterocycles. The first-order valence-corrected chi connectivity index (χ1v) is 7.24. The SMILES string of the molecule is CC(=O)Nc1ccc(CC(=O)Nc2ccc(C)c(Cl)c2)cc1. The zero-order valence-corrected chi connectivity index (χ0v) is 13.2. The van der Waals surface area contributed by atoms with E-state index in [9.17, 15) is 9.59 Å². The van der Waals surface area contributed by atoms with Crippen molar-refractivity contribution in [2.45, 2.75) is 20.3 Å². The molecule has 2 aromatic rings. The van der Waals surface area contributed by atoms with Gasteiger partial charge in [-0.2, -0.15) is 0 Å². The Morgan fingerprint density at radius 3 is 2.23 bits per heavy atom. The van der Waals surface area contributed by atoms with Gasteiger partial charge in [0.25, 0.3) is 0 Å². The van der Waals surface area contributed by atoms with E-state index < -0.39 is 0 Å². The number of anilines is 2. The number of hydrogen-bond donors (Lipinski definition) is 2. The highest BCUT2D eigenvalue weighted by molar-refractivity contribution is 6.31. The molecule has 4 nitrogen and oxygen atoms in total. The average molecular weight is 317 g/mol. The van der Waals surface area contributed by atoms with Gasteiger partial charge < -0.3 is 10.6 Å². The minimum Gasteiger partial charge on any atom is -0.326 e. The Morgan fingerprint density at radius 2 is 1.64 bits per heavy atom. The largest absolute Gasteiger partial charge is 0.326 e. The van der Waals surface area contributed by atoms with Crippen LogP contribution in [-0.2, 0) is 16.0 Å². The lowest BCUT2D eigenvalue weighted by Gasteiger charge is -2.08. The summed E-state index contributed by atoms with van der Waals surface area (Å²) in [5.41, 5.74) is 3.22. The number of aryl methyl sites for hydroxylation is 1. The summed E-state index contributed by atoms with van der Waals surface area (Å²) in [6, 6.07) is 12.6. The molecule has 0 aliphatic carbocycles. The summed E-state index contributed by atoms with van der Waals surface area (Å²) in [5.74, 6) is -0.242. The van der Waals surface area contributed by atoms with Crippen LogP contribution in [0.15, 0.2) is 42.5 Å². The highest BCUT2D eigenvalue weighted by atomic mass is 35.5. The fourth-order valence-corrected chi connectivity index (χ4v) is 2.15. The van der Waals surface area contributed by atoms with Crippen LogP contribution in [0.3, 0.4) is 0 Å². The number of rotatable bonds is 4. The van der Waals surface area contributed by atoms with Crippen LogP contribution in [-0.4, -0.2) is 11.8 Å². The first kappa shape index (κ1) is 16.0. The van der Waals surface area contributed by atoms with Gasteiger partial charge in [-0.25, -0.2) is 0 Å². The van der Waals surface area contributed by atoms with Gasteiger partial charge in [-0.1, -0.05) is 29.8 Å². The van der Waals surface area contributed by atoms with E-state index in [1.54, 1.807) is 18.2 Å². The normalized spacial score (nSPS) is 10.1. The van der Waals surface area contributed by atoms with Crippen LogP contribution in [0.2, 0.25) is 5.02 Å². The fraction of sp³-hybridized carbons (Fsp3) is 0.176. The molecule has 0 aromatic heterocycles. The minimum atomic E-state index is -0.123. The second-order valence-corrected chi connectivity index (χ2v) is 5.47. The number of carbonyl (C=O) groups is 2. The van der Waals surface area contributed by atoms with Gasteiger partial charge in [-0.15, -0.1) is 0 Å². The van der Waals surface area contributed by atoms with E-state index in [1.807, 2.05) is 31.2 Å². The molecule has 0 spiro atoms.